The summed E-state index contributed by atoms with van der Waals surface area (Å²) in [5.41, 5.74) is 6.58. The van der Waals surface area contributed by atoms with Gasteiger partial charge in [0.1, 0.15) is 11.9 Å². The number of nitrogens with two attached hydrogens (primary N) is 1. The molecule has 2 atom stereocenters. The number of fused-ring (bicyclic) bond motifs is 3. The van der Waals surface area contributed by atoms with Crippen LogP contribution in [0.25, 0.3) is 0 Å². The Bertz CT molecular complexity index is 909. The number of piperidine rings is 3. The summed E-state index contributed by atoms with van der Waals surface area (Å²) in [5, 5.41) is 3.25. The third-order valence-electron chi connectivity index (χ3n) is 7.34. The molecular weight excluding hydrogens is 484 g/mol. The lowest BCUT2D eigenvalue weighted by atomic mass is 9.86. The van der Waals surface area contributed by atoms with Gasteiger partial charge in [-0.2, -0.15) is 0 Å². The number of esters is 1. The van der Waals surface area contributed by atoms with E-state index in [4.69, 9.17) is 31.5 Å². The minimum absolute atomic E-state index is 0.0643. The zero-order valence-corrected chi connectivity index (χ0v) is 21.9. The quantitative estimate of drug-likeness (QED) is 0.259. The summed E-state index contributed by atoms with van der Waals surface area (Å²) in [4.78, 5) is 29.8. The zero-order valence-electron chi connectivity index (χ0n) is 21.2. The van der Waals surface area contributed by atoms with Crippen LogP contribution in [-0.2, 0) is 14.3 Å². The monoisotopic (exact) mass is 522 g/mol. The highest BCUT2D eigenvalue weighted by atomic mass is 35.5. The second-order valence-electron chi connectivity index (χ2n) is 9.93. The maximum atomic E-state index is 12.8. The van der Waals surface area contributed by atoms with E-state index in [1.807, 2.05) is 6.92 Å². The summed E-state index contributed by atoms with van der Waals surface area (Å²) in [7, 11) is 0. The van der Waals surface area contributed by atoms with E-state index in [2.05, 4.69) is 15.1 Å². The maximum Gasteiger partial charge on any atom is 0.306 e. The Labute approximate surface area is 218 Å². The first-order valence-electron chi connectivity index (χ1n) is 13.2. The van der Waals surface area contributed by atoms with Gasteiger partial charge in [0.25, 0.3) is 5.91 Å². The lowest BCUT2D eigenvalue weighted by molar-refractivity contribution is -0.158. The molecule has 1 amide bonds. The SMILES string of the molecule is CCOc1cc(N)c(Cl)cc1C(=O)NC[C@H]1CN(CCCCC(=O)OC2CN3CCC2CC3)CCO1. The zero-order chi connectivity index (χ0) is 25.5. The first-order chi connectivity index (χ1) is 17.4. The van der Waals surface area contributed by atoms with E-state index in [0.717, 1.165) is 65.0 Å². The van der Waals surface area contributed by atoms with Crippen molar-refractivity contribution in [2.75, 3.05) is 64.8 Å². The van der Waals surface area contributed by atoms with Crippen LogP contribution in [0.2, 0.25) is 5.02 Å². The van der Waals surface area contributed by atoms with Crippen LogP contribution in [0.15, 0.2) is 12.1 Å². The van der Waals surface area contributed by atoms with E-state index in [1.54, 1.807) is 6.07 Å². The van der Waals surface area contributed by atoms with E-state index in [9.17, 15) is 9.59 Å². The molecule has 1 aromatic rings. The summed E-state index contributed by atoms with van der Waals surface area (Å²) in [6.45, 7) is 8.91. The minimum Gasteiger partial charge on any atom is -0.493 e. The smallest absolute Gasteiger partial charge is 0.306 e. The Kier molecular flexibility index (Phi) is 9.70. The third kappa shape index (κ3) is 7.25. The molecule has 0 saturated carbocycles. The highest BCUT2D eigenvalue weighted by Gasteiger charge is 2.36. The predicted octanol–water partition coefficient (Wildman–Crippen LogP) is 2.56. The number of nitrogens with one attached hydrogen (secondary N) is 1. The van der Waals surface area contributed by atoms with Gasteiger partial charge >= 0.3 is 5.97 Å². The fraction of sp³-hybridized carbons (Fsp3) is 0.692. The van der Waals surface area contributed by atoms with Crippen LogP contribution in [0.4, 0.5) is 5.69 Å². The van der Waals surface area contributed by atoms with E-state index in [0.29, 0.717) is 54.1 Å². The van der Waals surface area contributed by atoms with E-state index in [-0.39, 0.29) is 24.1 Å². The second kappa shape index (κ2) is 12.9. The molecular formula is C26H39ClN4O5. The second-order valence-corrected chi connectivity index (χ2v) is 10.3. The molecule has 3 N–H and O–H groups in total. The van der Waals surface area contributed by atoms with Crippen LogP contribution in [0.5, 0.6) is 5.75 Å². The van der Waals surface area contributed by atoms with Gasteiger partial charge in [-0.05, 0) is 64.2 Å². The molecule has 0 spiro atoms. The van der Waals surface area contributed by atoms with Crippen molar-refractivity contribution in [3.8, 4) is 5.75 Å². The molecule has 0 aliphatic carbocycles. The van der Waals surface area contributed by atoms with Crippen LogP contribution < -0.4 is 15.8 Å². The number of amides is 1. The molecule has 0 radical (unpaired) electrons. The van der Waals surface area contributed by atoms with Crippen LogP contribution in [-0.4, -0.2) is 92.9 Å². The first-order valence-corrected chi connectivity index (χ1v) is 13.6. The fourth-order valence-corrected chi connectivity index (χ4v) is 5.47. The van der Waals surface area contributed by atoms with Crippen molar-refractivity contribution < 1.29 is 23.8 Å². The number of nitrogens with zero attached hydrogens (tertiary/aromatic N) is 2. The number of hydrogen-bond donors (Lipinski definition) is 2. The van der Waals surface area contributed by atoms with Crippen molar-refractivity contribution in [1.82, 2.24) is 15.1 Å². The standard InChI is InChI=1S/C26H39ClN4O5/c1-2-34-23-14-22(28)21(27)13-20(23)26(33)29-15-19-16-30(11-12-35-19)8-4-3-5-25(32)36-24-17-31-9-6-18(24)7-10-31/h13-14,18-19,24H,2-12,15-17,28H2,1H3,(H,29,33)/t19-,24?/m0/s1. The van der Waals surface area contributed by atoms with E-state index in [1.165, 1.54) is 6.07 Å². The number of morpholine rings is 1. The number of hydrogen-bond acceptors (Lipinski definition) is 8. The lowest BCUT2D eigenvalue weighted by Gasteiger charge is -2.43. The summed E-state index contributed by atoms with van der Waals surface area (Å²) < 4.78 is 17.2. The lowest BCUT2D eigenvalue weighted by Crippen LogP contribution is -2.51. The predicted molar refractivity (Wildman–Crippen MR) is 138 cm³/mol. The molecule has 4 aliphatic rings. The van der Waals surface area contributed by atoms with Gasteiger partial charge in [-0.1, -0.05) is 11.6 Å². The minimum atomic E-state index is -0.275. The van der Waals surface area contributed by atoms with Crippen LogP contribution in [0, 0.1) is 5.92 Å². The molecule has 200 valence electrons. The molecule has 1 aromatic carbocycles. The molecule has 4 heterocycles. The number of benzene rings is 1. The Morgan fingerprint density at radius 3 is 2.72 bits per heavy atom. The molecule has 0 aromatic heterocycles. The topological polar surface area (TPSA) is 106 Å². The van der Waals surface area contributed by atoms with Crippen molar-refractivity contribution >= 4 is 29.2 Å². The molecule has 4 fully saturated rings. The molecule has 36 heavy (non-hydrogen) atoms. The van der Waals surface area contributed by atoms with Crippen molar-refractivity contribution in [3.05, 3.63) is 22.7 Å². The molecule has 5 rings (SSSR count). The molecule has 9 nitrogen and oxygen atoms in total. The van der Waals surface area contributed by atoms with Gasteiger partial charge in [-0.15, -0.1) is 0 Å². The summed E-state index contributed by atoms with van der Waals surface area (Å²) in [5.74, 6) is 0.621. The molecule has 2 bridgehead atoms. The Morgan fingerprint density at radius 2 is 2.00 bits per heavy atom. The number of unbranched alkanes of at least 4 members (excludes halogenated alkanes) is 1. The van der Waals surface area contributed by atoms with Crippen molar-refractivity contribution in [2.24, 2.45) is 5.92 Å². The van der Waals surface area contributed by atoms with Gasteiger partial charge in [0.15, 0.2) is 0 Å². The number of anilines is 1. The van der Waals surface area contributed by atoms with E-state index < -0.39 is 0 Å². The van der Waals surface area contributed by atoms with E-state index >= 15 is 0 Å². The van der Waals surface area contributed by atoms with Gasteiger partial charge in [-0.25, -0.2) is 0 Å². The van der Waals surface area contributed by atoms with Crippen molar-refractivity contribution in [3.63, 3.8) is 0 Å². The van der Waals surface area contributed by atoms with Gasteiger partial charge in [0.2, 0.25) is 0 Å². The molecule has 4 saturated heterocycles. The van der Waals surface area contributed by atoms with Gasteiger partial charge in [-0.3, -0.25) is 19.4 Å². The Balaban J connectivity index is 1.15. The molecule has 1 unspecified atom stereocenters. The van der Waals surface area contributed by atoms with Gasteiger partial charge < -0.3 is 25.3 Å². The van der Waals surface area contributed by atoms with Gasteiger partial charge in [0, 0.05) is 38.7 Å². The third-order valence-corrected chi connectivity index (χ3v) is 7.67. The summed E-state index contributed by atoms with van der Waals surface area (Å²) in [6, 6.07) is 3.11. The van der Waals surface area contributed by atoms with Crippen LogP contribution >= 0.6 is 11.6 Å². The normalized spacial score (nSPS) is 25.9. The Hall–Kier alpha value is -2.07. The number of halogens is 1. The van der Waals surface area contributed by atoms with Gasteiger partial charge in [0.05, 0.1) is 35.6 Å². The summed E-state index contributed by atoms with van der Waals surface area (Å²) in [6.07, 6.45) is 4.50. The van der Waals surface area contributed by atoms with Crippen LogP contribution in [0.3, 0.4) is 0 Å². The fourth-order valence-electron chi connectivity index (χ4n) is 5.31. The number of rotatable bonds is 11. The first kappa shape index (κ1) is 27.0. The molecule has 4 aliphatic heterocycles. The average molecular weight is 523 g/mol. The average Bonchev–Trinajstić information content (AvgIpc) is 2.88. The maximum absolute atomic E-state index is 12.8. The number of carbonyl (C=O) groups is 2. The largest absolute Gasteiger partial charge is 0.493 e. The number of carbonyl (C=O) groups excluding carboxylic acids is 2. The highest BCUT2D eigenvalue weighted by Crippen LogP contribution is 2.30. The number of nitrogen functional groups attached to an aromatic ring is 1. The van der Waals surface area contributed by atoms with Crippen molar-refractivity contribution in [1.29, 1.82) is 0 Å². The molecule has 10 heteroatoms. The Morgan fingerprint density at radius 1 is 1.19 bits per heavy atom. The van der Waals surface area contributed by atoms with Crippen molar-refractivity contribution in [2.45, 2.75) is 51.2 Å². The van der Waals surface area contributed by atoms with Crippen LogP contribution in [0.1, 0.15) is 49.4 Å². The number of ether oxygens (including phenoxy) is 3. The summed E-state index contributed by atoms with van der Waals surface area (Å²) >= 11 is 6.12. The highest BCUT2D eigenvalue weighted by molar-refractivity contribution is 6.33.